The normalized spacial score (nSPS) is 11.0. The highest BCUT2D eigenvalue weighted by molar-refractivity contribution is 9.11. The number of halogens is 2. The predicted octanol–water partition coefficient (Wildman–Crippen LogP) is 6.26. The van der Waals surface area contributed by atoms with E-state index in [9.17, 15) is 9.59 Å². The van der Waals surface area contributed by atoms with Crippen LogP contribution < -0.4 is 10.9 Å². The van der Waals surface area contributed by atoms with Gasteiger partial charge in [-0.25, -0.2) is 4.98 Å². The third kappa shape index (κ3) is 4.82. The van der Waals surface area contributed by atoms with E-state index in [0.717, 1.165) is 25.8 Å². The molecule has 0 unspecified atom stereocenters. The minimum atomic E-state index is -0.187. The molecule has 0 radical (unpaired) electrons. The van der Waals surface area contributed by atoms with Gasteiger partial charge in [-0.2, -0.15) is 0 Å². The van der Waals surface area contributed by atoms with Crippen molar-refractivity contribution >= 4 is 66.1 Å². The number of amides is 1. The zero-order chi connectivity index (χ0) is 22.8. The van der Waals surface area contributed by atoms with Gasteiger partial charge in [-0.1, -0.05) is 57.5 Å². The van der Waals surface area contributed by atoms with E-state index in [1.54, 1.807) is 10.6 Å². The molecule has 1 amide bonds. The first-order valence-electron chi connectivity index (χ1n) is 9.80. The maximum Gasteiger partial charge on any atom is 0.266 e. The van der Waals surface area contributed by atoms with Gasteiger partial charge in [0.1, 0.15) is 0 Å². The van der Waals surface area contributed by atoms with Crippen LogP contribution in [0.15, 0.2) is 79.6 Å². The quantitative estimate of drug-likeness (QED) is 0.226. The molecule has 1 N–H and O–H groups in total. The lowest BCUT2D eigenvalue weighted by atomic mass is 10.1. The number of aromatic nitrogens is 2. The maximum atomic E-state index is 13.4. The number of nitrogens with zero attached hydrogens (tertiary/aromatic N) is 2. The molecule has 1 aromatic heterocycles. The van der Waals surface area contributed by atoms with Crippen molar-refractivity contribution in [2.24, 2.45) is 0 Å². The fourth-order valence-corrected chi connectivity index (χ4v) is 5.34. The Morgan fingerprint density at radius 3 is 2.59 bits per heavy atom. The van der Waals surface area contributed by atoms with Crippen molar-refractivity contribution in [1.82, 2.24) is 9.55 Å². The smallest absolute Gasteiger partial charge is 0.266 e. The van der Waals surface area contributed by atoms with Gasteiger partial charge < -0.3 is 5.32 Å². The van der Waals surface area contributed by atoms with Crippen LogP contribution in [-0.4, -0.2) is 21.2 Å². The Labute approximate surface area is 206 Å². The number of aryl methyl sites for hydroxylation is 2. The lowest BCUT2D eigenvalue weighted by Gasteiger charge is -2.15. The fraction of sp³-hybridized carbons (Fsp3) is 0.125. The number of rotatable bonds is 5. The number of anilines is 1. The monoisotopic (exact) mass is 571 g/mol. The fourth-order valence-electron chi connectivity index (χ4n) is 3.39. The van der Waals surface area contributed by atoms with E-state index in [-0.39, 0.29) is 17.2 Å². The van der Waals surface area contributed by atoms with Crippen molar-refractivity contribution in [2.75, 3.05) is 11.1 Å². The van der Waals surface area contributed by atoms with Crippen LogP contribution in [0.25, 0.3) is 16.6 Å². The molecule has 0 saturated heterocycles. The second-order valence-electron chi connectivity index (χ2n) is 7.30. The number of carbonyl (C=O) groups excluding carboxylic acids is 1. The number of hydrogen-bond donors (Lipinski definition) is 1. The lowest BCUT2D eigenvalue weighted by molar-refractivity contribution is -0.113. The van der Waals surface area contributed by atoms with E-state index in [4.69, 9.17) is 4.98 Å². The zero-order valence-electron chi connectivity index (χ0n) is 17.4. The van der Waals surface area contributed by atoms with E-state index in [2.05, 4.69) is 37.2 Å². The summed E-state index contributed by atoms with van der Waals surface area (Å²) in [6.07, 6.45) is 0. The Morgan fingerprint density at radius 2 is 1.84 bits per heavy atom. The molecule has 4 rings (SSSR count). The highest BCUT2D eigenvalue weighted by atomic mass is 79.9. The topological polar surface area (TPSA) is 64.0 Å². The second kappa shape index (κ2) is 9.60. The summed E-state index contributed by atoms with van der Waals surface area (Å²) >= 11 is 8.09. The number of nitrogens with one attached hydrogen (secondary N) is 1. The number of benzene rings is 3. The predicted molar refractivity (Wildman–Crippen MR) is 138 cm³/mol. The van der Waals surface area contributed by atoms with Gasteiger partial charge in [0.2, 0.25) is 5.91 Å². The highest BCUT2D eigenvalue weighted by Crippen LogP contribution is 2.27. The van der Waals surface area contributed by atoms with Crippen molar-refractivity contribution < 1.29 is 4.79 Å². The second-order valence-corrected chi connectivity index (χ2v) is 10.0. The third-order valence-corrected chi connectivity index (χ3v) is 6.96. The van der Waals surface area contributed by atoms with Gasteiger partial charge in [-0.05, 0) is 71.7 Å². The van der Waals surface area contributed by atoms with E-state index in [0.29, 0.717) is 21.7 Å². The minimum absolute atomic E-state index is 0.109. The number of thioether (sulfide) groups is 1. The highest BCUT2D eigenvalue weighted by Gasteiger charge is 2.16. The first-order valence-corrected chi connectivity index (χ1v) is 12.4. The SMILES string of the molecule is Cc1ccc(-n2c(SCC(=O)Nc3ccc(Br)cc3Br)nc3ccccc3c2=O)c(C)c1. The van der Waals surface area contributed by atoms with Gasteiger partial charge in [0.05, 0.1) is 28.0 Å². The molecular formula is C24H19Br2N3O2S. The maximum absolute atomic E-state index is 13.4. The molecule has 5 nitrogen and oxygen atoms in total. The van der Waals surface area contributed by atoms with Crippen LogP contribution in [0.2, 0.25) is 0 Å². The first-order chi connectivity index (χ1) is 15.3. The Balaban J connectivity index is 1.69. The van der Waals surface area contributed by atoms with Crippen LogP contribution in [0.5, 0.6) is 0 Å². The van der Waals surface area contributed by atoms with Gasteiger partial charge in [0.15, 0.2) is 5.16 Å². The van der Waals surface area contributed by atoms with E-state index < -0.39 is 0 Å². The molecule has 4 aromatic rings. The number of fused-ring (bicyclic) bond motifs is 1. The van der Waals surface area contributed by atoms with Gasteiger partial charge >= 0.3 is 0 Å². The molecule has 3 aromatic carbocycles. The van der Waals surface area contributed by atoms with Crippen LogP contribution in [0.3, 0.4) is 0 Å². The van der Waals surface area contributed by atoms with Crippen molar-refractivity contribution in [3.8, 4) is 5.69 Å². The molecule has 162 valence electrons. The van der Waals surface area contributed by atoms with Crippen LogP contribution in [0.1, 0.15) is 11.1 Å². The van der Waals surface area contributed by atoms with Gasteiger partial charge in [0, 0.05) is 8.95 Å². The summed E-state index contributed by atoms with van der Waals surface area (Å²) in [5, 5.41) is 3.91. The largest absolute Gasteiger partial charge is 0.324 e. The zero-order valence-corrected chi connectivity index (χ0v) is 21.3. The summed E-state index contributed by atoms with van der Waals surface area (Å²) < 4.78 is 3.29. The number of hydrogen-bond acceptors (Lipinski definition) is 4. The summed E-state index contributed by atoms with van der Waals surface area (Å²) in [6, 6.07) is 18.7. The standard InChI is InChI=1S/C24H19Br2N3O2S/c1-14-7-10-21(15(2)11-14)29-23(31)17-5-3-4-6-19(17)28-24(29)32-13-22(30)27-20-9-8-16(25)12-18(20)26/h3-12H,13H2,1-2H3,(H,27,30). The summed E-state index contributed by atoms with van der Waals surface area (Å²) in [5.74, 6) is -0.0781. The van der Waals surface area contributed by atoms with Gasteiger partial charge in [-0.15, -0.1) is 0 Å². The Morgan fingerprint density at radius 1 is 1.06 bits per heavy atom. The van der Waals surface area contributed by atoms with Crippen LogP contribution in [0, 0.1) is 13.8 Å². The summed E-state index contributed by atoms with van der Waals surface area (Å²) in [4.78, 5) is 30.8. The van der Waals surface area contributed by atoms with E-state index in [1.165, 1.54) is 11.8 Å². The third-order valence-electron chi connectivity index (χ3n) is 4.88. The molecule has 0 aliphatic carbocycles. The molecule has 32 heavy (non-hydrogen) atoms. The molecule has 0 aliphatic heterocycles. The van der Waals surface area contributed by atoms with Gasteiger partial charge in [0.25, 0.3) is 5.56 Å². The summed E-state index contributed by atoms with van der Waals surface area (Å²) in [7, 11) is 0. The van der Waals surface area contributed by atoms with Gasteiger partial charge in [-0.3, -0.25) is 14.2 Å². The molecule has 0 spiro atoms. The lowest BCUT2D eigenvalue weighted by Crippen LogP contribution is -2.23. The van der Waals surface area contributed by atoms with Crippen LogP contribution in [-0.2, 0) is 4.79 Å². The first kappa shape index (κ1) is 22.8. The molecule has 0 aliphatic rings. The molecule has 8 heteroatoms. The number of carbonyl (C=O) groups is 1. The molecule has 0 saturated carbocycles. The van der Waals surface area contributed by atoms with Crippen molar-refractivity contribution in [1.29, 1.82) is 0 Å². The summed E-state index contributed by atoms with van der Waals surface area (Å²) in [5.41, 5.74) is 3.98. The van der Waals surface area contributed by atoms with Crippen molar-refractivity contribution in [2.45, 2.75) is 19.0 Å². The molecular weight excluding hydrogens is 554 g/mol. The van der Waals surface area contributed by atoms with E-state index >= 15 is 0 Å². The average Bonchev–Trinajstić information content (AvgIpc) is 2.75. The Bertz CT molecular complexity index is 1400. The van der Waals surface area contributed by atoms with Crippen LogP contribution >= 0.6 is 43.6 Å². The molecule has 1 heterocycles. The van der Waals surface area contributed by atoms with Crippen molar-refractivity contribution in [3.05, 3.63) is 91.1 Å². The summed E-state index contributed by atoms with van der Waals surface area (Å²) in [6.45, 7) is 3.98. The van der Waals surface area contributed by atoms with E-state index in [1.807, 2.05) is 68.4 Å². The molecule has 0 bridgehead atoms. The minimum Gasteiger partial charge on any atom is -0.324 e. The molecule has 0 atom stereocenters. The number of para-hydroxylation sites is 1. The Kier molecular flexibility index (Phi) is 6.83. The average molecular weight is 573 g/mol. The van der Waals surface area contributed by atoms with Crippen LogP contribution in [0.4, 0.5) is 5.69 Å². The molecule has 0 fully saturated rings. The van der Waals surface area contributed by atoms with Crippen molar-refractivity contribution in [3.63, 3.8) is 0 Å². The Hall–Kier alpha value is -2.42.